The number of rotatable bonds is 2. The molecule has 1 atom stereocenters. The molecule has 1 aliphatic rings. The number of aromatic amines is 2. The highest BCUT2D eigenvalue weighted by Gasteiger charge is 2.33. The Morgan fingerprint density at radius 1 is 1.43 bits per heavy atom. The molecule has 1 amide bonds. The summed E-state index contributed by atoms with van der Waals surface area (Å²) in [6, 6.07) is 4.08. The van der Waals surface area contributed by atoms with Crippen LogP contribution in [0.15, 0.2) is 18.3 Å². The molecule has 0 saturated carbocycles. The van der Waals surface area contributed by atoms with E-state index in [9.17, 15) is 4.79 Å². The highest BCUT2D eigenvalue weighted by molar-refractivity contribution is 5.90. The number of likely N-dealkylation sites (tertiary alicyclic amines) is 1. The number of H-pyrrole nitrogens is 2. The lowest BCUT2D eigenvalue weighted by atomic mass is 9.96. The Balaban J connectivity index is 1.83. The molecule has 0 aromatic carbocycles. The average Bonchev–Trinajstić information content (AvgIpc) is 3.16. The first-order chi connectivity index (χ1) is 9.97. The number of amides is 1. The van der Waals surface area contributed by atoms with E-state index in [2.05, 4.69) is 20.2 Å². The highest BCUT2D eigenvalue weighted by atomic mass is 16.2. The van der Waals surface area contributed by atoms with Gasteiger partial charge in [0.1, 0.15) is 5.82 Å². The zero-order valence-corrected chi connectivity index (χ0v) is 12.7. The minimum atomic E-state index is -0.143. The van der Waals surface area contributed by atoms with E-state index in [1.807, 2.05) is 44.0 Å². The van der Waals surface area contributed by atoms with Crippen molar-refractivity contribution in [2.45, 2.75) is 45.1 Å². The minimum absolute atomic E-state index is 0.0983. The fourth-order valence-corrected chi connectivity index (χ4v) is 2.71. The van der Waals surface area contributed by atoms with Crippen LogP contribution in [0, 0.1) is 0 Å². The summed E-state index contributed by atoms with van der Waals surface area (Å²) in [4.78, 5) is 22.1. The van der Waals surface area contributed by atoms with E-state index in [-0.39, 0.29) is 23.2 Å². The van der Waals surface area contributed by atoms with Crippen LogP contribution in [0.3, 0.4) is 0 Å². The van der Waals surface area contributed by atoms with E-state index in [4.69, 9.17) is 0 Å². The van der Waals surface area contributed by atoms with E-state index in [0.717, 1.165) is 30.9 Å². The number of hydrogen-bond acceptors (Lipinski definition) is 3. The summed E-state index contributed by atoms with van der Waals surface area (Å²) in [7, 11) is 0. The van der Waals surface area contributed by atoms with Crippen LogP contribution in [-0.2, 0) is 5.41 Å². The lowest BCUT2D eigenvalue weighted by Crippen LogP contribution is -2.31. The van der Waals surface area contributed by atoms with Crippen molar-refractivity contribution in [2.24, 2.45) is 0 Å². The molecule has 21 heavy (non-hydrogen) atoms. The van der Waals surface area contributed by atoms with E-state index in [1.165, 1.54) is 0 Å². The molecule has 2 N–H and O–H groups in total. The topological polar surface area (TPSA) is 77.7 Å². The van der Waals surface area contributed by atoms with Crippen LogP contribution in [0.1, 0.15) is 61.8 Å². The van der Waals surface area contributed by atoms with Gasteiger partial charge in [0.25, 0.3) is 5.91 Å². The van der Waals surface area contributed by atoms with Crippen molar-refractivity contribution in [1.82, 2.24) is 25.1 Å². The summed E-state index contributed by atoms with van der Waals surface area (Å²) < 4.78 is 0. The van der Waals surface area contributed by atoms with Gasteiger partial charge in [0.05, 0.1) is 6.04 Å². The summed E-state index contributed by atoms with van der Waals surface area (Å²) in [5.74, 6) is 0.902. The van der Waals surface area contributed by atoms with Crippen LogP contribution < -0.4 is 0 Å². The van der Waals surface area contributed by atoms with Gasteiger partial charge in [0.15, 0.2) is 0 Å². The molecule has 0 spiro atoms. The molecule has 3 rings (SSSR count). The maximum Gasteiger partial charge on any atom is 0.294 e. The Labute approximate surface area is 124 Å². The van der Waals surface area contributed by atoms with Crippen LogP contribution in [0.2, 0.25) is 0 Å². The number of hydrogen-bond donors (Lipinski definition) is 2. The van der Waals surface area contributed by atoms with Crippen LogP contribution >= 0.6 is 0 Å². The molecule has 1 saturated heterocycles. The second-order valence-electron chi connectivity index (χ2n) is 6.54. The van der Waals surface area contributed by atoms with E-state index >= 15 is 0 Å². The third-order valence-corrected chi connectivity index (χ3v) is 3.88. The fraction of sp³-hybridized carbons (Fsp3) is 0.533. The van der Waals surface area contributed by atoms with Gasteiger partial charge >= 0.3 is 0 Å². The van der Waals surface area contributed by atoms with Crippen molar-refractivity contribution in [1.29, 1.82) is 0 Å². The molecule has 1 aliphatic heterocycles. The quantitative estimate of drug-likeness (QED) is 0.890. The van der Waals surface area contributed by atoms with Crippen LogP contribution in [0.25, 0.3) is 0 Å². The second-order valence-corrected chi connectivity index (χ2v) is 6.54. The SMILES string of the molecule is CC(C)(C)c1nc(C(=O)N2CCCC2c2ccc[nH]2)n[nH]1. The maximum atomic E-state index is 12.7. The lowest BCUT2D eigenvalue weighted by molar-refractivity contribution is 0.0721. The molecule has 2 aromatic heterocycles. The normalized spacial score (nSPS) is 19.2. The van der Waals surface area contributed by atoms with Gasteiger partial charge in [-0.2, -0.15) is 0 Å². The zero-order chi connectivity index (χ0) is 15.0. The Bertz CT molecular complexity index is 623. The van der Waals surface area contributed by atoms with Gasteiger partial charge in [-0.15, -0.1) is 5.10 Å². The van der Waals surface area contributed by atoms with Crippen LogP contribution in [0.5, 0.6) is 0 Å². The smallest absolute Gasteiger partial charge is 0.294 e. The lowest BCUT2D eigenvalue weighted by Gasteiger charge is -2.22. The number of aromatic nitrogens is 4. The number of carbonyl (C=O) groups excluding carboxylic acids is 1. The van der Waals surface area contributed by atoms with Crippen molar-refractivity contribution in [3.05, 3.63) is 35.7 Å². The van der Waals surface area contributed by atoms with Gasteiger partial charge in [-0.05, 0) is 25.0 Å². The van der Waals surface area contributed by atoms with Gasteiger partial charge in [0.2, 0.25) is 5.82 Å². The standard InChI is InChI=1S/C15H21N5O/c1-15(2,3)14-17-12(18-19-14)13(21)20-9-5-7-11(20)10-6-4-8-16-10/h4,6,8,11,16H,5,7,9H2,1-3H3,(H,17,18,19). The fourth-order valence-electron chi connectivity index (χ4n) is 2.71. The van der Waals surface area contributed by atoms with Gasteiger partial charge in [-0.3, -0.25) is 9.89 Å². The van der Waals surface area contributed by atoms with E-state index < -0.39 is 0 Å². The van der Waals surface area contributed by atoms with E-state index in [0.29, 0.717) is 0 Å². The third kappa shape index (κ3) is 2.57. The molecule has 6 nitrogen and oxygen atoms in total. The zero-order valence-electron chi connectivity index (χ0n) is 12.7. The second kappa shape index (κ2) is 5.02. The minimum Gasteiger partial charge on any atom is -0.363 e. The van der Waals surface area contributed by atoms with Crippen molar-refractivity contribution < 1.29 is 4.79 Å². The first kappa shape index (κ1) is 13.9. The molecule has 2 aromatic rings. The molecule has 0 aliphatic carbocycles. The summed E-state index contributed by atoms with van der Waals surface area (Å²) in [5, 5.41) is 6.99. The van der Waals surface area contributed by atoms with Crippen molar-refractivity contribution >= 4 is 5.91 Å². The Morgan fingerprint density at radius 2 is 2.24 bits per heavy atom. The Kier molecular flexibility index (Phi) is 3.31. The Morgan fingerprint density at radius 3 is 2.86 bits per heavy atom. The molecule has 0 bridgehead atoms. The Hall–Kier alpha value is -2.11. The summed E-state index contributed by atoms with van der Waals surface area (Å²) in [6.07, 6.45) is 3.87. The molecular weight excluding hydrogens is 266 g/mol. The third-order valence-electron chi connectivity index (χ3n) is 3.88. The molecule has 0 radical (unpaired) electrons. The molecule has 1 unspecified atom stereocenters. The van der Waals surface area contributed by atoms with Crippen LogP contribution in [0.4, 0.5) is 0 Å². The van der Waals surface area contributed by atoms with Gasteiger partial charge in [0, 0.05) is 23.9 Å². The van der Waals surface area contributed by atoms with Crippen molar-refractivity contribution in [3.8, 4) is 0 Å². The number of carbonyl (C=O) groups is 1. The molecule has 3 heterocycles. The first-order valence-corrected chi connectivity index (χ1v) is 7.34. The predicted molar refractivity (Wildman–Crippen MR) is 78.9 cm³/mol. The summed E-state index contributed by atoms with van der Waals surface area (Å²) in [6.45, 7) is 6.87. The first-order valence-electron chi connectivity index (χ1n) is 7.34. The van der Waals surface area contributed by atoms with Crippen LogP contribution in [-0.4, -0.2) is 37.5 Å². The van der Waals surface area contributed by atoms with E-state index in [1.54, 1.807) is 0 Å². The monoisotopic (exact) mass is 287 g/mol. The maximum absolute atomic E-state index is 12.7. The molecular formula is C15H21N5O. The highest BCUT2D eigenvalue weighted by Crippen LogP contribution is 2.31. The largest absolute Gasteiger partial charge is 0.363 e. The van der Waals surface area contributed by atoms with Gasteiger partial charge < -0.3 is 9.88 Å². The predicted octanol–water partition coefficient (Wildman–Crippen LogP) is 2.41. The average molecular weight is 287 g/mol. The summed E-state index contributed by atoms with van der Waals surface area (Å²) >= 11 is 0. The molecule has 6 heteroatoms. The van der Waals surface area contributed by atoms with Gasteiger partial charge in [-0.25, -0.2) is 4.98 Å². The molecule has 1 fully saturated rings. The number of nitrogens with one attached hydrogen (secondary N) is 2. The van der Waals surface area contributed by atoms with Crippen molar-refractivity contribution in [3.63, 3.8) is 0 Å². The molecule has 112 valence electrons. The van der Waals surface area contributed by atoms with Crippen molar-refractivity contribution in [2.75, 3.05) is 6.54 Å². The number of nitrogens with zero attached hydrogens (tertiary/aromatic N) is 3. The van der Waals surface area contributed by atoms with Gasteiger partial charge in [-0.1, -0.05) is 20.8 Å². The summed E-state index contributed by atoms with van der Waals surface area (Å²) in [5.41, 5.74) is 0.933.